The Morgan fingerprint density at radius 3 is 2.33 bits per heavy atom. The van der Waals surface area contributed by atoms with Crippen molar-refractivity contribution in [1.29, 1.82) is 0 Å². The smallest absolute Gasteiger partial charge is 0.315 e. The molecule has 0 saturated carbocycles. The first-order valence-corrected chi connectivity index (χ1v) is 10.0. The third kappa shape index (κ3) is 5.70. The molecule has 1 rings (SSSR count). The summed E-state index contributed by atoms with van der Waals surface area (Å²) in [6.07, 6.45) is 1.19. The maximum atomic E-state index is 12.3. The number of nitrogens with zero attached hydrogens (tertiary/aromatic N) is 1. The molecule has 2 amide bonds. The van der Waals surface area contributed by atoms with Crippen LogP contribution in [-0.4, -0.2) is 39.8 Å². The van der Waals surface area contributed by atoms with Crippen molar-refractivity contribution in [2.24, 2.45) is 0 Å². The molecule has 0 atom stereocenters. The highest BCUT2D eigenvalue weighted by Crippen LogP contribution is 2.32. The number of aryl methyl sites for hydroxylation is 1. The fourth-order valence-electron chi connectivity index (χ4n) is 2.52. The van der Waals surface area contributed by atoms with Gasteiger partial charge in [-0.2, -0.15) is 0 Å². The van der Waals surface area contributed by atoms with Gasteiger partial charge in [0.05, 0.1) is 18.5 Å². The Labute approximate surface area is 145 Å². The average Bonchev–Trinajstić information content (AvgIpc) is 2.41. The van der Waals surface area contributed by atoms with Crippen molar-refractivity contribution in [3.05, 3.63) is 29.3 Å². The molecule has 0 aliphatic heterocycles. The van der Waals surface area contributed by atoms with E-state index in [0.29, 0.717) is 5.69 Å². The van der Waals surface area contributed by atoms with Gasteiger partial charge in [-0.3, -0.25) is 4.31 Å². The van der Waals surface area contributed by atoms with Crippen LogP contribution in [0.25, 0.3) is 0 Å². The van der Waals surface area contributed by atoms with Crippen LogP contribution in [0.2, 0.25) is 0 Å². The molecule has 0 bridgehead atoms. The molecule has 0 spiro atoms. The number of hydrogen-bond acceptors (Lipinski definition) is 3. The number of para-hydroxylation sites is 1. The Morgan fingerprint density at radius 2 is 1.83 bits per heavy atom. The topological polar surface area (TPSA) is 78.5 Å². The third-order valence-corrected chi connectivity index (χ3v) is 4.73. The molecule has 0 saturated heterocycles. The van der Waals surface area contributed by atoms with E-state index in [4.69, 9.17) is 0 Å². The molecule has 0 aromatic heterocycles. The summed E-state index contributed by atoms with van der Waals surface area (Å²) in [7, 11) is -3.46. The maximum Gasteiger partial charge on any atom is 0.315 e. The minimum Gasteiger partial charge on any atom is -0.336 e. The summed E-state index contributed by atoms with van der Waals surface area (Å²) in [5.41, 5.74) is 2.59. The van der Waals surface area contributed by atoms with Crippen LogP contribution in [0.4, 0.5) is 10.5 Å². The standard InChI is InChI=1S/C17H29N3O3S/c1-12(2)15-9-7-8-14(5)16(15)20(24(6,22)23)11-10-18-17(21)19-13(3)4/h7-9,12-13H,10-11H2,1-6H3,(H2,18,19,21). The van der Waals surface area contributed by atoms with E-state index in [1.807, 2.05) is 52.8 Å². The van der Waals surface area contributed by atoms with Gasteiger partial charge in [0.25, 0.3) is 0 Å². The average molecular weight is 356 g/mol. The summed E-state index contributed by atoms with van der Waals surface area (Å²) < 4.78 is 26.0. The van der Waals surface area contributed by atoms with Crippen molar-refractivity contribution in [1.82, 2.24) is 10.6 Å². The summed E-state index contributed by atoms with van der Waals surface area (Å²) >= 11 is 0. The summed E-state index contributed by atoms with van der Waals surface area (Å²) in [5, 5.41) is 5.42. The second-order valence-electron chi connectivity index (χ2n) is 6.56. The largest absolute Gasteiger partial charge is 0.336 e. The molecular weight excluding hydrogens is 326 g/mol. The molecule has 1 aromatic carbocycles. The highest BCUT2D eigenvalue weighted by atomic mass is 32.2. The monoisotopic (exact) mass is 355 g/mol. The van der Waals surface area contributed by atoms with Crippen molar-refractivity contribution in [2.75, 3.05) is 23.7 Å². The van der Waals surface area contributed by atoms with E-state index in [1.54, 1.807) is 0 Å². The lowest BCUT2D eigenvalue weighted by molar-refractivity contribution is 0.239. The summed E-state index contributed by atoms with van der Waals surface area (Å²) in [4.78, 5) is 11.7. The molecule has 0 heterocycles. The van der Waals surface area contributed by atoms with E-state index < -0.39 is 10.0 Å². The molecule has 0 unspecified atom stereocenters. The number of carbonyl (C=O) groups excluding carboxylic acids is 1. The van der Waals surface area contributed by atoms with Gasteiger partial charge in [-0.15, -0.1) is 0 Å². The van der Waals surface area contributed by atoms with Crippen LogP contribution in [-0.2, 0) is 10.0 Å². The van der Waals surface area contributed by atoms with Gasteiger partial charge in [0.1, 0.15) is 0 Å². The highest BCUT2D eigenvalue weighted by Gasteiger charge is 2.23. The van der Waals surface area contributed by atoms with Gasteiger partial charge < -0.3 is 10.6 Å². The van der Waals surface area contributed by atoms with Crippen molar-refractivity contribution < 1.29 is 13.2 Å². The molecule has 0 radical (unpaired) electrons. The van der Waals surface area contributed by atoms with E-state index in [9.17, 15) is 13.2 Å². The fraction of sp³-hybridized carbons (Fsp3) is 0.588. The quantitative estimate of drug-likeness (QED) is 0.789. The van der Waals surface area contributed by atoms with E-state index >= 15 is 0 Å². The molecule has 7 heteroatoms. The van der Waals surface area contributed by atoms with Gasteiger partial charge in [0.2, 0.25) is 10.0 Å². The predicted molar refractivity (Wildman–Crippen MR) is 99.1 cm³/mol. The molecule has 0 fully saturated rings. The first kappa shape index (κ1) is 20.3. The second kappa shape index (κ2) is 8.37. The predicted octanol–water partition coefficient (Wildman–Crippen LogP) is 2.59. The third-order valence-electron chi connectivity index (χ3n) is 3.56. The van der Waals surface area contributed by atoms with Gasteiger partial charge in [-0.1, -0.05) is 32.0 Å². The minimum atomic E-state index is -3.46. The molecule has 2 N–H and O–H groups in total. The van der Waals surface area contributed by atoms with Gasteiger partial charge >= 0.3 is 6.03 Å². The van der Waals surface area contributed by atoms with Crippen molar-refractivity contribution >= 4 is 21.7 Å². The summed E-state index contributed by atoms with van der Waals surface area (Å²) in [5.74, 6) is 0.196. The van der Waals surface area contributed by atoms with Crippen LogP contribution in [0.5, 0.6) is 0 Å². The van der Waals surface area contributed by atoms with Gasteiger partial charge in [-0.05, 0) is 37.8 Å². The number of benzene rings is 1. The Kier molecular flexibility index (Phi) is 7.08. The number of amides is 2. The van der Waals surface area contributed by atoms with Gasteiger partial charge in [0.15, 0.2) is 0 Å². The summed E-state index contributed by atoms with van der Waals surface area (Å²) in [6, 6.07) is 5.51. The highest BCUT2D eigenvalue weighted by molar-refractivity contribution is 7.92. The Bertz CT molecular complexity index is 670. The lowest BCUT2D eigenvalue weighted by atomic mass is 9.98. The normalized spacial score (nSPS) is 11.7. The zero-order valence-corrected chi connectivity index (χ0v) is 16.2. The number of sulfonamides is 1. The first-order chi connectivity index (χ1) is 11.0. The zero-order chi connectivity index (χ0) is 18.5. The number of urea groups is 1. The van der Waals surface area contributed by atoms with Crippen LogP contribution >= 0.6 is 0 Å². The molecule has 24 heavy (non-hydrogen) atoms. The van der Waals surface area contributed by atoms with Crippen LogP contribution in [0.3, 0.4) is 0 Å². The number of anilines is 1. The van der Waals surface area contributed by atoms with Gasteiger partial charge in [-0.25, -0.2) is 13.2 Å². The number of hydrogen-bond donors (Lipinski definition) is 2. The maximum absolute atomic E-state index is 12.3. The molecule has 0 aliphatic rings. The molecular formula is C17H29N3O3S. The SMILES string of the molecule is Cc1cccc(C(C)C)c1N(CCNC(=O)NC(C)C)S(C)(=O)=O. The first-order valence-electron chi connectivity index (χ1n) is 8.15. The minimum absolute atomic E-state index is 0.0277. The zero-order valence-electron chi connectivity index (χ0n) is 15.4. The number of rotatable bonds is 7. The lowest BCUT2D eigenvalue weighted by Crippen LogP contribution is -2.44. The van der Waals surface area contributed by atoms with Gasteiger partial charge in [0, 0.05) is 12.6 Å². The van der Waals surface area contributed by atoms with Crippen molar-refractivity contribution in [3.63, 3.8) is 0 Å². The lowest BCUT2D eigenvalue weighted by Gasteiger charge is -2.28. The number of carbonyl (C=O) groups is 1. The fourth-order valence-corrected chi connectivity index (χ4v) is 3.52. The molecule has 6 nitrogen and oxygen atoms in total. The molecule has 136 valence electrons. The molecule has 0 aliphatic carbocycles. The number of nitrogens with one attached hydrogen (secondary N) is 2. The van der Waals surface area contributed by atoms with Crippen molar-refractivity contribution in [2.45, 2.75) is 46.6 Å². The van der Waals surface area contributed by atoms with E-state index in [2.05, 4.69) is 10.6 Å². The Morgan fingerprint density at radius 1 is 1.21 bits per heavy atom. The van der Waals surface area contributed by atoms with E-state index in [1.165, 1.54) is 10.6 Å². The molecule has 1 aromatic rings. The Balaban J connectivity index is 3.03. The van der Waals surface area contributed by atoms with E-state index in [-0.39, 0.29) is 31.1 Å². The van der Waals surface area contributed by atoms with Crippen LogP contribution in [0, 0.1) is 6.92 Å². The summed E-state index contributed by atoms with van der Waals surface area (Å²) in [6.45, 7) is 10.1. The van der Waals surface area contributed by atoms with Crippen LogP contribution in [0.1, 0.15) is 44.7 Å². The van der Waals surface area contributed by atoms with Crippen molar-refractivity contribution in [3.8, 4) is 0 Å². The van der Waals surface area contributed by atoms with Crippen LogP contribution in [0.15, 0.2) is 18.2 Å². The van der Waals surface area contributed by atoms with Crippen LogP contribution < -0.4 is 14.9 Å². The Hall–Kier alpha value is -1.76. The second-order valence-corrected chi connectivity index (χ2v) is 8.46. The van der Waals surface area contributed by atoms with E-state index in [0.717, 1.165) is 11.1 Å².